The summed E-state index contributed by atoms with van der Waals surface area (Å²) in [7, 11) is -3.61. The first-order chi connectivity index (χ1) is 11.8. The molecule has 2 aromatic rings. The molecular formula is C18H24ClN3O3S. The lowest BCUT2D eigenvalue weighted by molar-refractivity contribution is 0.0950. The Hall–Kier alpha value is -1.93. The van der Waals surface area contributed by atoms with Crippen molar-refractivity contribution in [1.29, 1.82) is 0 Å². The zero-order chi connectivity index (χ0) is 18.4. The van der Waals surface area contributed by atoms with Crippen LogP contribution in [-0.4, -0.2) is 27.4 Å². The molecule has 8 heteroatoms. The molecular weight excluding hydrogens is 374 g/mol. The van der Waals surface area contributed by atoms with Crippen molar-refractivity contribution < 1.29 is 13.2 Å². The molecule has 2 aromatic carbocycles. The van der Waals surface area contributed by atoms with E-state index in [1.165, 1.54) is 12.1 Å². The lowest BCUT2D eigenvalue weighted by Gasteiger charge is -2.14. The molecule has 1 atom stereocenters. The topological polar surface area (TPSA) is 101 Å². The predicted molar refractivity (Wildman–Crippen MR) is 105 cm³/mol. The summed E-state index contributed by atoms with van der Waals surface area (Å²) in [5, 5.41) is 2.77. The van der Waals surface area contributed by atoms with Crippen LogP contribution >= 0.6 is 12.4 Å². The number of hydrogen-bond donors (Lipinski definition) is 3. The minimum atomic E-state index is -3.61. The number of rotatable bonds is 7. The predicted octanol–water partition coefficient (Wildman–Crippen LogP) is 2.14. The van der Waals surface area contributed by atoms with Crippen LogP contribution in [0.4, 0.5) is 0 Å². The van der Waals surface area contributed by atoms with Crippen molar-refractivity contribution in [2.24, 2.45) is 5.73 Å². The summed E-state index contributed by atoms with van der Waals surface area (Å²) >= 11 is 0. The molecule has 6 nitrogen and oxygen atoms in total. The van der Waals surface area contributed by atoms with Gasteiger partial charge >= 0.3 is 0 Å². The maximum atomic E-state index is 12.5. The molecule has 0 aliphatic heterocycles. The number of benzene rings is 2. The van der Waals surface area contributed by atoms with Crippen LogP contribution in [0.5, 0.6) is 0 Å². The fourth-order valence-corrected chi connectivity index (χ4v) is 3.47. The Morgan fingerprint density at radius 1 is 1.15 bits per heavy atom. The smallest absolute Gasteiger partial charge is 0.251 e. The van der Waals surface area contributed by atoms with Crippen LogP contribution in [0, 0.1) is 6.92 Å². The van der Waals surface area contributed by atoms with Gasteiger partial charge < -0.3 is 11.1 Å². The van der Waals surface area contributed by atoms with Crippen molar-refractivity contribution in [2.75, 3.05) is 13.1 Å². The molecule has 0 saturated carbocycles. The van der Waals surface area contributed by atoms with E-state index in [1.54, 1.807) is 19.9 Å². The number of nitrogens with two attached hydrogens (primary N) is 1. The zero-order valence-corrected chi connectivity index (χ0v) is 16.4. The quantitative estimate of drug-likeness (QED) is 0.666. The second-order valence-corrected chi connectivity index (χ2v) is 7.47. The minimum absolute atomic E-state index is 0. The lowest BCUT2D eigenvalue weighted by Crippen LogP contribution is -2.32. The Balaban J connectivity index is 0.00000338. The van der Waals surface area contributed by atoms with Crippen molar-refractivity contribution in [1.82, 2.24) is 10.0 Å². The van der Waals surface area contributed by atoms with Gasteiger partial charge in [0.2, 0.25) is 10.0 Å². The van der Waals surface area contributed by atoms with Crippen molar-refractivity contribution in [3.05, 3.63) is 65.2 Å². The average Bonchev–Trinajstić information content (AvgIpc) is 2.60. The number of amides is 1. The third kappa shape index (κ3) is 5.54. The van der Waals surface area contributed by atoms with E-state index < -0.39 is 10.0 Å². The fourth-order valence-electron chi connectivity index (χ4n) is 2.40. The average molecular weight is 398 g/mol. The van der Waals surface area contributed by atoms with E-state index in [0.717, 1.165) is 5.56 Å². The molecule has 142 valence electrons. The van der Waals surface area contributed by atoms with Gasteiger partial charge in [-0.15, -0.1) is 12.4 Å². The second-order valence-electron chi connectivity index (χ2n) is 5.71. The van der Waals surface area contributed by atoms with Crippen molar-refractivity contribution in [2.45, 2.75) is 24.8 Å². The number of hydrogen-bond acceptors (Lipinski definition) is 4. The number of aryl methyl sites for hydroxylation is 1. The van der Waals surface area contributed by atoms with Gasteiger partial charge in [0.05, 0.1) is 4.90 Å². The minimum Gasteiger partial charge on any atom is -0.350 e. The van der Waals surface area contributed by atoms with Crippen LogP contribution in [0.25, 0.3) is 0 Å². The molecule has 4 N–H and O–H groups in total. The van der Waals surface area contributed by atoms with Crippen molar-refractivity contribution in [3.63, 3.8) is 0 Å². The maximum Gasteiger partial charge on any atom is 0.251 e. The van der Waals surface area contributed by atoms with Crippen molar-refractivity contribution >= 4 is 28.3 Å². The van der Waals surface area contributed by atoms with Gasteiger partial charge in [-0.1, -0.05) is 43.3 Å². The van der Waals surface area contributed by atoms with E-state index >= 15 is 0 Å². The molecule has 2 rings (SSSR count). The highest BCUT2D eigenvalue weighted by Crippen LogP contribution is 2.16. The maximum absolute atomic E-state index is 12.5. The van der Waals surface area contributed by atoms with Crippen LogP contribution in [-0.2, 0) is 10.0 Å². The van der Waals surface area contributed by atoms with E-state index in [1.807, 2.05) is 30.3 Å². The van der Waals surface area contributed by atoms with Crippen molar-refractivity contribution in [3.8, 4) is 0 Å². The number of sulfonamides is 1. The summed E-state index contributed by atoms with van der Waals surface area (Å²) in [6, 6.07) is 13.6. The van der Waals surface area contributed by atoms with Gasteiger partial charge in [-0.25, -0.2) is 13.1 Å². The Labute approximate surface area is 160 Å². The molecule has 0 aromatic heterocycles. The Morgan fingerprint density at radius 2 is 1.81 bits per heavy atom. The van der Waals surface area contributed by atoms with Crippen LogP contribution in [0.15, 0.2) is 53.4 Å². The molecule has 0 heterocycles. The lowest BCUT2D eigenvalue weighted by atomic mass is 10.1. The highest BCUT2D eigenvalue weighted by Gasteiger charge is 2.17. The molecule has 0 radical (unpaired) electrons. The molecule has 0 aliphatic carbocycles. The summed E-state index contributed by atoms with van der Waals surface area (Å²) in [5.41, 5.74) is 8.01. The Kier molecular flexibility index (Phi) is 8.23. The summed E-state index contributed by atoms with van der Waals surface area (Å²) in [6.07, 6.45) is 0. The van der Waals surface area contributed by atoms with Crippen LogP contribution < -0.4 is 15.8 Å². The normalized spacial score (nSPS) is 12.1. The third-order valence-corrected chi connectivity index (χ3v) is 5.35. The number of carbonyl (C=O) groups is 1. The Morgan fingerprint density at radius 3 is 2.42 bits per heavy atom. The van der Waals surface area contributed by atoms with Gasteiger partial charge in [0.15, 0.2) is 0 Å². The molecule has 26 heavy (non-hydrogen) atoms. The molecule has 0 bridgehead atoms. The monoisotopic (exact) mass is 397 g/mol. The number of halogens is 1. The third-order valence-electron chi connectivity index (χ3n) is 3.81. The number of nitrogens with one attached hydrogen (secondary N) is 2. The largest absolute Gasteiger partial charge is 0.350 e. The molecule has 0 aliphatic rings. The zero-order valence-electron chi connectivity index (χ0n) is 14.7. The van der Waals surface area contributed by atoms with Gasteiger partial charge in [0.1, 0.15) is 0 Å². The van der Waals surface area contributed by atoms with Crippen LogP contribution in [0.3, 0.4) is 0 Å². The molecule has 0 spiro atoms. The molecule has 1 amide bonds. The summed E-state index contributed by atoms with van der Waals surface area (Å²) in [6.45, 7) is 4.00. The van der Waals surface area contributed by atoms with Gasteiger partial charge in [-0.05, 0) is 30.2 Å². The highest BCUT2D eigenvalue weighted by atomic mass is 35.5. The molecule has 1 unspecified atom stereocenters. The number of carbonyl (C=O) groups excluding carboxylic acids is 1. The van der Waals surface area contributed by atoms with E-state index in [4.69, 9.17) is 5.73 Å². The highest BCUT2D eigenvalue weighted by molar-refractivity contribution is 7.89. The van der Waals surface area contributed by atoms with Gasteiger partial charge in [-0.2, -0.15) is 0 Å². The first-order valence-corrected chi connectivity index (χ1v) is 9.52. The summed E-state index contributed by atoms with van der Waals surface area (Å²) < 4.78 is 26.6. The summed E-state index contributed by atoms with van der Waals surface area (Å²) in [4.78, 5) is 12.5. The fraction of sp³-hybridized carbons (Fsp3) is 0.278. The molecule has 0 saturated heterocycles. The van der Waals surface area contributed by atoms with Gasteiger partial charge in [0, 0.05) is 24.7 Å². The first kappa shape index (κ1) is 22.1. The van der Waals surface area contributed by atoms with E-state index in [-0.39, 0.29) is 42.3 Å². The van der Waals surface area contributed by atoms with E-state index in [2.05, 4.69) is 10.0 Å². The summed E-state index contributed by atoms with van der Waals surface area (Å²) in [5.74, 6) is -0.350. The second kappa shape index (κ2) is 9.68. The first-order valence-electron chi connectivity index (χ1n) is 8.04. The van der Waals surface area contributed by atoms with Crippen LogP contribution in [0.1, 0.15) is 34.5 Å². The van der Waals surface area contributed by atoms with E-state index in [9.17, 15) is 13.2 Å². The van der Waals surface area contributed by atoms with E-state index in [0.29, 0.717) is 11.1 Å². The van der Waals surface area contributed by atoms with Gasteiger partial charge in [-0.3, -0.25) is 4.79 Å². The Bertz CT molecular complexity index is 842. The standard InChI is InChI=1S/C18H23N3O3S.ClH/c1-3-21-25(23,24)15-10-9-13(2)16(11-15)18(22)20-12-17(19)14-7-5-4-6-8-14;/h4-11,17,21H,3,12,19H2,1-2H3,(H,20,22);1H. The molecule has 0 fully saturated rings. The van der Waals surface area contributed by atoms with Gasteiger partial charge in [0.25, 0.3) is 5.91 Å². The van der Waals surface area contributed by atoms with Crippen LogP contribution in [0.2, 0.25) is 0 Å². The SMILES string of the molecule is CCNS(=O)(=O)c1ccc(C)c(C(=O)NCC(N)c2ccccc2)c1.Cl.